The molecule has 5 unspecified atom stereocenters. The molecule has 5 fully saturated rings. The van der Waals surface area contributed by atoms with Crippen molar-refractivity contribution < 1.29 is 23.9 Å². The van der Waals surface area contributed by atoms with Gasteiger partial charge in [-0.05, 0) is 112 Å². The summed E-state index contributed by atoms with van der Waals surface area (Å²) in [5.74, 6) is 3.03. The van der Waals surface area contributed by atoms with Gasteiger partial charge in [-0.3, -0.25) is 14.4 Å². The van der Waals surface area contributed by atoms with Crippen molar-refractivity contribution in [1.82, 2.24) is 0 Å². The van der Waals surface area contributed by atoms with E-state index in [0.29, 0.717) is 54.8 Å². The number of ketones is 1. The van der Waals surface area contributed by atoms with Gasteiger partial charge in [0.25, 0.3) is 0 Å². The average molecular weight is 543 g/mol. The average Bonchev–Trinajstić information content (AvgIpc) is 3.29. The summed E-state index contributed by atoms with van der Waals surface area (Å²) in [6, 6.07) is 0. The van der Waals surface area contributed by atoms with E-state index < -0.39 is 0 Å². The molecule has 5 rings (SSSR count). The Labute approximate surface area is 236 Å². The summed E-state index contributed by atoms with van der Waals surface area (Å²) in [6.07, 6.45) is 12.1. The number of fused-ring (bicyclic) bond motifs is 7. The zero-order valence-corrected chi connectivity index (χ0v) is 25.8. The Morgan fingerprint density at radius 1 is 0.744 bits per heavy atom. The van der Waals surface area contributed by atoms with Crippen molar-refractivity contribution in [1.29, 1.82) is 0 Å². The van der Waals surface area contributed by atoms with E-state index in [0.717, 1.165) is 32.1 Å². The molecule has 0 saturated heterocycles. The summed E-state index contributed by atoms with van der Waals surface area (Å²) in [6.45, 7) is 16.0. The number of hydrogen-bond acceptors (Lipinski definition) is 5. The van der Waals surface area contributed by atoms with Crippen LogP contribution < -0.4 is 0 Å². The Morgan fingerprint density at radius 2 is 1.41 bits per heavy atom. The van der Waals surface area contributed by atoms with Crippen LogP contribution in [0.4, 0.5) is 0 Å². The first kappa shape index (κ1) is 29.1. The van der Waals surface area contributed by atoms with Gasteiger partial charge in [0.2, 0.25) is 0 Å². The minimum atomic E-state index is -0.110. The van der Waals surface area contributed by atoms with Gasteiger partial charge < -0.3 is 9.47 Å². The Hall–Kier alpha value is -1.39. The molecule has 0 aromatic carbocycles. The first-order valence-corrected chi connectivity index (χ1v) is 16.2. The number of Topliss-reactive ketones (excluding diaryl/α,β-unsaturated/α-hetero) is 1. The highest BCUT2D eigenvalue weighted by Gasteiger charge is 2.67. The molecule has 0 radical (unpaired) electrons. The maximum atomic E-state index is 13.0. The van der Waals surface area contributed by atoms with E-state index in [1.165, 1.54) is 32.1 Å². The highest BCUT2D eigenvalue weighted by Crippen LogP contribution is 2.73. The molecule has 5 aliphatic carbocycles. The summed E-state index contributed by atoms with van der Waals surface area (Å²) >= 11 is 0. The molecule has 0 bridgehead atoms. The van der Waals surface area contributed by atoms with Crippen LogP contribution in [0.25, 0.3) is 0 Å². The van der Waals surface area contributed by atoms with E-state index in [9.17, 15) is 14.4 Å². The van der Waals surface area contributed by atoms with E-state index >= 15 is 0 Å². The van der Waals surface area contributed by atoms with Crippen molar-refractivity contribution >= 4 is 17.7 Å². The maximum absolute atomic E-state index is 13.0. The predicted molar refractivity (Wildman–Crippen MR) is 152 cm³/mol. The molecule has 0 aromatic rings. The zero-order chi connectivity index (χ0) is 28.4. The second-order valence-corrected chi connectivity index (χ2v) is 15.4. The number of ether oxygens (including phenoxy) is 2. The van der Waals surface area contributed by atoms with Crippen LogP contribution in [0.5, 0.6) is 0 Å². The second kappa shape index (κ2) is 10.2. The highest BCUT2D eigenvalue weighted by molar-refractivity contribution is 5.79. The molecular weight excluding hydrogens is 488 g/mol. The van der Waals surface area contributed by atoms with Crippen LogP contribution in [0, 0.1) is 57.2 Å². The molecule has 0 N–H and O–H groups in total. The van der Waals surface area contributed by atoms with Crippen molar-refractivity contribution in [3.63, 3.8) is 0 Å². The molecule has 0 heterocycles. The molecule has 220 valence electrons. The molecule has 0 aromatic heterocycles. The lowest BCUT2D eigenvalue weighted by Gasteiger charge is -2.69. The molecule has 5 saturated carbocycles. The number of hydrogen-bond donors (Lipinski definition) is 0. The minimum Gasteiger partial charge on any atom is -0.465 e. The van der Waals surface area contributed by atoms with Crippen LogP contribution >= 0.6 is 0 Å². The largest absolute Gasteiger partial charge is 0.465 e. The van der Waals surface area contributed by atoms with E-state index in [-0.39, 0.29) is 45.6 Å². The van der Waals surface area contributed by atoms with Gasteiger partial charge in [0.1, 0.15) is 11.9 Å². The standard InChI is InChI=1S/C34H54O5/c1-8-28(36)38-20-34-18-12-22(21(3)35)30(34)23-10-11-26-32(6,24(23)13-19-34)16-14-25-31(4,5)27(39-29(37)9-2)15-17-33(25,26)7/h22-27,30H,8-20H2,1-7H3/t22-,23?,24?,25?,26?,27-,30?,32-,33-,34+/m0/s1. The van der Waals surface area contributed by atoms with E-state index in [1.54, 1.807) is 6.92 Å². The third-order valence-corrected chi connectivity index (χ3v) is 13.6. The van der Waals surface area contributed by atoms with Gasteiger partial charge in [-0.15, -0.1) is 0 Å². The molecule has 5 nitrogen and oxygen atoms in total. The van der Waals surface area contributed by atoms with Crippen LogP contribution in [0.15, 0.2) is 0 Å². The van der Waals surface area contributed by atoms with Crippen LogP contribution in [0.3, 0.4) is 0 Å². The van der Waals surface area contributed by atoms with Gasteiger partial charge >= 0.3 is 11.9 Å². The van der Waals surface area contributed by atoms with Crippen molar-refractivity contribution in [3.05, 3.63) is 0 Å². The predicted octanol–water partition coefficient (Wildman–Crippen LogP) is 7.54. The van der Waals surface area contributed by atoms with Gasteiger partial charge in [0, 0.05) is 29.6 Å². The summed E-state index contributed by atoms with van der Waals surface area (Å²) in [4.78, 5) is 37.4. The molecular formula is C34H54O5. The van der Waals surface area contributed by atoms with Crippen molar-refractivity contribution in [2.24, 2.45) is 57.2 Å². The monoisotopic (exact) mass is 542 g/mol. The minimum absolute atomic E-state index is 0.0136. The second-order valence-electron chi connectivity index (χ2n) is 15.4. The normalized spacial score (nSPS) is 46.2. The molecule has 10 atom stereocenters. The van der Waals surface area contributed by atoms with Gasteiger partial charge in [-0.25, -0.2) is 0 Å². The molecule has 5 heteroatoms. The number of carbonyl (C=O) groups is 3. The van der Waals surface area contributed by atoms with Crippen LogP contribution in [0.1, 0.15) is 126 Å². The van der Waals surface area contributed by atoms with Crippen LogP contribution in [-0.2, 0) is 23.9 Å². The third kappa shape index (κ3) is 4.42. The Bertz CT molecular complexity index is 986. The topological polar surface area (TPSA) is 69.7 Å². The number of carbonyl (C=O) groups excluding carboxylic acids is 3. The fourth-order valence-corrected chi connectivity index (χ4v) is 11.9. The fourth-order valence-electron chi connectivity index (χ4n) is 11.9. The molecule has 0 aliphatic heterocycles. The van der Waals surface area contributed by atoms with Gasteiger partial charge in [-0.1, -0.05) is 41.5 Å². The Morgan fingerprint density at radius 3 is 2.08 bits per heavy atom. The molecule has 39 heavy (non-hydrogen) atoms. The van der Waals surface area contributed by atoms with Crippen molar-refractivity contribution in [2.75, 3.05) is 6.61 Å². The maximum Gasteiger partial charge on any atom is 0.305 e. The van der Waals surface area contributed by atoms with Gasteiger partial charge in [-0.2, -0.15) is 0 Å². The molecule has 0 spiro atoms. The van der Waals surface area contributed by atoms with E-state index in [1.807, 2.05) is 13.8 Å². The molecule has 5 aliphatic rings. The van der Waals surface area contributed by atoms with Crippen molar-refractivity contribution in [3.8, 4) is 0 Å². The third-order valence-electron chi connectivity index (χ3n) is 13.6. The summed E-state index contributed by atoms with van der Waals surface area (Å²) in [5, 5.41) is 0. The quantitative estimate of drug-likeness (QED) is 0.324. The zero-order valence-electron chi connectivity index (χ0n) is 25.8. The van der Waals surface area contributed by atoms with Gasteiger partial charge in [0.05, 0.1) is 6.61 Å². The van der Waals surface area contributed by atoms with E-state index in [4.69, 9.17) is 9.47 Å². The first-order valence-electron chi connectivity index (χ1n) is 16.2. The smallest absolute Gasteiger partial charge is 0.305 e. The summed E-state index contributed by atoms with van der Waals surface area (Å²) < 4.78 is 11.9. The fraction of sp³-hybridized carbons (Fsp3) is 0.912. The van der Waals surface area contributed by atoms with Gasteiger partial charge in [0.15, 0.2) is 0 Å². The Balaban J connectivity index is 1.42. The summed E-state index contributed by atoms with van der Waals surface area (Å²) in [5.41, 5.74) is 0.479. The number of esters is 2. The SMILES string of the molecule is CCC(=O)OC[C@@]12CCC3C(CCC4[C@@]3(C)CCC3C(C)(C)[C@@H](OC(=O)CC)CC[C@@]34C)C1[C@H](C(C)=O)CC2. The number of rotatable bonds is 6. The van der Waals surface area contributed by atoms with E-state index in [2.05, 4.69) is 27.7 Å². The summed E-state index contributed by atoms with van der Waals surface area (Å²) in [7, 11) is 0. The Kier molecular flexibility index (Phi) is 7.58. The van der Waals surface area contributed by atoms with Crippen molar-refractivity contribution in [2.45, 2.75) is 132 Å². The highest BCUT2D eigenvalue weighted by atomic mass is 16.5. The lowest BCUT2D eigenvalue weighted by Crippen LogP contribution is -2.64. The van der Waals surface area contributed by atoms with Crippen LogP contribution in [0.2, 0.25) is 0 Å². The first-order chi connectivity index (χ1) is 18.3. The molecule has 0 amide bonds. The lowest BCUT2D eigenvalue weighted by molar-refractivity contribution is -0.224. The lowest BCUT2D eigenvalue weighted by atomic mass is 9.36. The van der Waals surface area contributed by atoms with Crippen LogP contribution in [-0.4, -0.2) is 30.4 Å².